The molecular weight excluding hydrogens is 803 g/mol. The molecular formula is C55H89NO8. The van der Waals surface area contributed by atoms with Crippen molar-refractivity contribution in [3.8, 4) is 0 Å². The number of aliphatic hydroxyl groups is 5. The first-order chi connectivity index (χ1) is 31.3. The molecule has 0 aromatic heterocycles. The first-order valence-corrected chi connectivity index (χ1v) is 24.7. The molecule has 362 valence electrons. The molecule has 1 aliphatic rings. The lowest BCUT2D eigenvalue weighted by Gasteiger charge is -2.40. The van der Waals surface area contributed by atoms with Gasteiger partial charge in [-0.3, -0.25) is 4.79 Å². The summed E-state index contributed by atoms with van der Waals surface area (Å²) >= 11 is 0. The van der Waals surface area contributed by atoms with E-state index >= 15 is 0 Å². The second kappa shape index (κ2) is 43.5. The maximum Gasteiger partial charge on any atom is 0.220 e. The largest absolute Gasteiger partial charge is 0.394 e. The predicted molar refractivity (Wildman–Crippen MR) is 267 cm³/mol. The van der Waals surface area contributed by atoms with Crippen molar-refractivity contribution < 1.29 is 39.8 Å². The molecule has 7 atom stereocenters. The zero-order valence-corrected chi connectivity index (χ0v) is 39.7. The summed E-state index contributed by atoms with van der Waals surface area (Å²) in [5.41, 5.74) is 0. The van der Waals surface area contributed by atoms with E-state index < -0.39 is 49.5 Å². The van der Waals surface area contributed by atoms with Gasteiger partial charge in [0.2, 0.25) is 5.91 Å². The van der Waals surface area contributed by atoms with Gasteiger partial charge in [-0.05, 0) is 89.9 Å². The molecule has 0 spiro atoms. The Morgan fingerprint density at radius 3 is 1.44 bits per heavy atom. The molecule has 0 bridgehead atoms. The number of allylic oxidation sites excluding steroid dienone is 20. The normalized spacial score (nSPS) is 21.1. The summed E-state index contributed by atoms with van der Waals surface area (Å²) in [7, 11) is 0. The van der Waals surface area contributed by atoms with Crippen molar-refractivity contribution in [1.29, 1.82) is 0 Å². The molecule has 1 amide bonds. The molecule has 1 aliphatic heterocycles. The number of amides is 1. The molecule has 0 aromatic carbocycles. The van der Waals surface area contributed by atoms with E-state index in [1.54, 1.807) is 0 Å². The fourth-order valence-corrected chi connectivity index (χ4v) is 6.89. The van der Waals surface area contributed by atoms with Crippen LogP contribution in [0.25, 0.3) is 0 Å². The number of rotatable bonds is 39. The molecule has 0 radical (unpaired) electrons. The Kier molecular flexibility index (Phi) is 39.8. The lowest BCUT2D eigenvalue weighted by atomic mass is 9.99. The minimum absolute atomic E-state index is 0.159. The lowest BCUT2D eigenvalue weighted by Crippen LogP contribution is -2.60. The van der Waals surface area contributed by atoms with Gasteiger partial charge in [0.25, 0.3) is 0 Å². The Hall–Kier alpha value is -3.41. The van der Waals surface area contributed by atoms with Crippen LogP contribution in [-0.4, -0.2) is 87.5 Å². The third-order valence-corrected chi connectivity index (χ3v) is 10.8. The average Bonchev–Trinajstić information content (AvgIpc) is 3.29. The average molecular weight is 892 g/mol. The SMILES string of the molecule is CC/C=C\C/C=C\C/C=C\C/C=C\C/C=C\C/C=C\C/C=C\C/C=C\C/C=C\C/C=C\CCCCCCC(=O)NC(COC1OC(CO)C(O)C(O)C1O)C(O)CCCCCCCC. The Balaban J connectivity index is 2.16. The summed E-state index contributed by atoms with van der Waals surface area (Å²) in [5.74, 6) is -0.181. The molecule has 9 heteroatoms. The van der Waals surface area contributed by atoms with Gasteiger partial charge in [0.15, 0.2) is 6.29 Å². The van der Waals surface area contributed by atoms with Crippen LogP contribution in [0.4, 0.5) is 0 Å². The van der Waals surface area contributed by atoms with Crippen LogP contribution in [0.5, 0.6) is 0 Å². The first-order valence-electron chi connectivity index (χ1n) is 24.7. The van der Waals surface area contributed by atoms with Crippen molar-refractivity contribution in [3.63, 3.8) is 0 Å². The van der Waals surface area contributed by atoms with Crippen LogP contribution in [0.2, 0.25) is 0 Å². The minimum Gasteiger partial charge on any atom is -0.394 e. The number of nitrogens with one attached hydrogen (secondary N) is 1. The fourth-order valence-electron chi connectivity index (χ4n) is 6.89. The highest BCUT2D eigenvalue weighted by atomic mass is 16.7. The summed E-state index contributed by atoms with van der Waals surface area (Å²) in [4.78, 5) is 12.9. The molecule has 0 saturated carbocycles. The highest BCUT2D eigenvalue weighted by Gasteiger charge is 2.44. The molecule has 1 saturated heterocycles. The smallest absolute Gasteiger partial charge is 0.220 e. The van der Waals surface area contributed by atoms with Gasteiger partial charge in [-0.25, -0.2) is 0 Å². The maximum atomic E-state index is 12.9. The number of carbonyl (C=O) groups is 1. The van der Waals surface area contributed by atoms with E-state index in [1.165, 1.54) is 6.42 Å². The van der Waals surface area contributed by atoms with Crippen LogP contribution in [-0.2, 0) is 14.3 Å². The number of unbranched alkanes of at least 4 members (excludes halogenated alkanes) is 9. The molecule has 0 aromatic rings. The van der Waals surface area contributed by atoms with Gasteiger partial charge in [-0.15, -0.1) is 0 Å². The molecule has 1 heterocycles. The highest BCUT2D eigenvalue weighted by molar-refractivity contribution is 5.76. The van der Waals surface area contributed by atoms with Crippen LogP contribution in [0, 0.1) is 0 Å². The van der Waals surface area contributed by atoms with Crippen LogP contribution in [0.15, 0.2) is 122 Å². The summed E-state index contributed by atoms with van der Waals surface area (Å²) in [5, 5.41) is 54.0. The van der Waals surface area contributed by atoms with E-state index in [0.29, 0.717) is 12.8 Å². The fraction of sp³-hybridized carbons (Fsp3) is 0.618. The van der Waals surface area contributed by atoms with E-state index in [0.717, 1.165) is 128 Å². The number of hydrogen-bond donors (Lipinski definition) is 6. The quantitative estimate of drug-likeness (QED) is 0.0264. The number of carbonyl (C=O) groups excluding carboxylic acids is 1. The standard InChI is InChI=1S/C55H89NO8/c1-3-5-7-9-11-12-13-14-15-16-17-18-19-20-21-22-23-24-25-26-27-28-29-30-31-32-33-34-35-36-37-38-39-41-43-45-51(59)56-48(49(58)44-42-40-10-8-6-4-2)47-63-55-54(62)53(61)52(60)50(46-57)64-55/h5,7,11-12,14-15,17-18,20-21,23-24,26-27,29-30,32-33,35-36,48-50,52-55,57-58,60-62H,3-4,6,8-10,13,16,19,22,25,28,31,34,37-47H2,1-2H3,(H,56,59)/b7-5-,12-11-,15-14-,18-17-,21-20-,24-23-,27-26-,30-29-,33-32-,36-35-. The zero-order chi connectivity index (χ0) is 46.6. The van der Waals surface area contributed by atoms with Gasteiger partial charge in [0, 0.05) is 6.42 Å². The Morgan fingerprint density at radius 2 is 0.969 bits per heavy atom. The second-order valence-corrected chi connectivity index (χ2v) is 16.5. The zero-order valence-electron chi connectivity index (χ0n) is 39.7. The summed E-state index contributed by atoms with van der Waals surface area (Å²) in [6, 6.07) is -0.738. The van der Waals surface area contributed by atoms with Gasteiger partial charge < -0.3 is 40.3 Å². The van der Waals surface area contributed by atoms with Gasteiger partial charge in [-0.2, -0.15) is 0 Å². The van der Waals surface area contributed by atoms with Crippen molar-refractivity contribution in [3.05, 3.63) is 122 Å². The van der Waals surface area contributed by atoms with E-state index in [4.69, 9.17) is 9.47 Å². The van der Waals surface area contributed by atoms with Crippen LogP contribution in [0.1, 0.15) is 162 Å². The minimum atomic E-state index is -1.56. The lowest BCUT2D eigenvalue weighted by molar-refractivity contribution is -0.302. The third kappa shape index (κ3) is 33.1. The molecule has 0 aliphatic carbocycles. The predicted octanol–water partition coefficient (Wildman–Crippen LogP) is 11.2. The molecule has 6 N–H and O–H groups in total. The number of aliphatic hydroxyl groups excluding tert-OH is 5. The number of ether oxygens (including phenoxy) is 2. The monoisotopic (exact) mass is 892 g/mol. The molecule has 7 unspecified atom stereocenters. The number of hydrogen-bond acceptors (Lipinski definition) is 8. The van der Waals surface area contributed by atoms with E-state index in [2.05, 4.69) is 141 Å². The van der Waals surface area contributed by atoms with Gasteiger partial charge in [0.1, 0.15) is 24.4 Å². The van der Waals surface area contributed by atoms with Gasteiger partial charge >= 0.3 is 0 Å². The maximum absolute atomic E-state index is 12.9. The van der Waals surface area contributed by atoms with Gasteiger partial charge in [-0.1, -0.05) is 187 Å². The van der Waals surface area contributed by atoms with E-state index in [9.17, 15) is 30.3 Å². The third-order valence-electron chi connectivity index (χ3n) is 10.8. The molecule has 9 nitrogen and oxygen atoms in total. The highest BCUT2D eigenvalue weighted by Crippen LogP contribution is 2.23. The van der Waals surface area contributed by atoms with Crippen molar-refractivity contribution >= 4 is 5.91 Å². The van der Waals surface area contributed by atoms with Crippen molar-refractivity contribution in [2.75, 3.05) is 13.2 Å². The van der Waals surface area contributed by atoms with E-state index in [1.807, 2.05) is 0 Å². The second-order valence-electron chi connectivity index (χ2n) is 16.5. The first kappa shape index (κ1) is 58.6. The Morgan fingerprint density at radius 1 is 0.547 bits per heavy atom. The summed E-state index contributed by atoms with van der Waals surface area (Å²) < 4.78 is 11.2. The van der Waals surface area contributed by atoms with E-state index in [-0.39, 0.29) is 12.5 Å². The van der Waals surface area contributed by atoms with Crippen LogP contribution >= 0.6 is 0 Å². The van der Waals surface area contributed by atoms with Gasteiger partial charge in [0.05, 0.1) is 25.4 Å². The molecule has 1 fully saturated rings. The molecule has 64 heavy (non-hydrogen) atoms. The topological polar surface area (TPSA) is 149 Å². The summed E-state index contributed by atoms with van der Waals surface area (Å²) in [6.45, 7) is 3.60. The Labute approximate surface area is 388 Å². The van der Waals surface area contributed by atoms with Crippen LogP contribution in [0.3, 0.4) is 0 Å². The molecule has 1 rings (SSSR count). The van der Waals surface area contributed by atoms with Crippen molar-refractivity contribution in [2.45, 2.75) is 204 Å². The summed E-state index contributed by atoms with van der Waals surface area (Å²) in [6.07, 6.45) is 58.3. The van der Waals surface area contributed by atoms with Crippen molar-refractivity contribution in [2.24, 2.45) is 0 Å². The van der Waals surface area contributed by atoms with Crippen molar-refractivity contribution in [1.82, 2.24) is 5.32 Å². The Bertz CT molecular complexity index is 1410. The van der Waals surface area contributed by atoms with Crippen LogP contribution < -0.4 is 5.32 Å².